The second-order valence-electron chi connectivity index (χ2n) is 3.31. The van der Waals surface area contributed by atoms with Crippen molar-refractivity contribution in [3.63, 3.8) is 0 Å². The lowest BCUT2D eigenvalue weighted by Crippen LogP contribution is -2.09. The maximum absolute atomic E-state index is 10.8. The molecule has 0 fully saturated rings. The first-order valence-electron chi connectivity index (χ1n) is 4.88. The van der Waals surface area contributed by atoms with Gasteiger partial charge >= 0.3 is 17.9 Å². The number of hydrogen-bond donors (Lipinski definition) is 3. The van der Waals surface area contributed by atoms with Crippen LogP contribution in [0, 0.1) is 0 Å². The van der Waals surface area contributed by atoms with E-state index < -0.39 is 17.9 Å². The molecule has 1 aromatic carbocycles. The molecule has 0 unspecified atom stereocenters. The summed E-state index contributed by atoms with van der Waals surface area (Å²) in [5.74, 6) is -3.27. The lowest BCUT2D eigenvalue weighted by molar-refractivity contribution is -0.182. The van der Waals surface area contributed by atoms with Gasteiger partial charge in [-0.15, -0.1) is 0 Å². The number of hydrogen-bond acceptors (Lipinski definition) is 5. The number of aromatic carboxylic acids is 1. The minimum Gasteiger partial charge on any atom is -0.478 e. The SMILES string of the molecule is C=C(C)C(=O)O.O=C(O)c1ccccc1C(=O)OO. The van der Waals surface area contributed by atoms with Gasteiger partial charge < -0.3 is 10.2 Å². The van der Waals surface area contributed by atoms with E-state index in [0.717, 1.165) is 0 Å². The summed E-state index contributed by atoms with van der Waals surface area (Å²) in [6.45, 7) is 4.60. The van der Waals surface area contributed by atoms with E-state index in [4.69, 9.17) is 15.5 Å². The lowest BCUT2D eigenvalue weighted by Gasteiger charge is -2.00. The standard InChI is InChI=1S/C8H6O5.C4H6O2/c9-7(10)5-3-1-2-4-6(5)8(11)13-12;1-3(2)4(5)6/h1-4,12H,(H,9,10);1H2,2H3,(H,5,6). The van der Waals surface area contributed by atoms with Crippen LogP contribution < -0.4 is 0 Å². The predicted molar refractivity (Wildman–Crippen MR) is 63.9 cm³/mol. The Hall–Kier alpha value is -2.67. The molecule has 0 aromatic heterocycles. The van der Waals surface area contributed by atoms with Crippen molar-refractivity contribution in [3.05, 3.63) is 47.5 Å². The average molecular weight is 268 g/mol. The van der Waals surface area contributed by atoms with E-state index in [1.807, 2.05) is 0 Å². The number of benzene rings is 1. The van der Waals surface area contributed by atoms with Crippen molar-refractivity contribution < 1.29 is 34.7 Å². The van der Waals surface area contributed by atoms with Crippen molar-refractivity contribution in [1.82, 2.24) is 0 Å². The average Bonchev–Trinajstić information content (AvgIpc) is 2.38. The van der Waals surface area contributed by atoms with E-state index in [2.05, 4.69) is 11.5 Å². The molecule has 0 atom stereocenters. The minimum absolute atomic E-state index is 0.176. The monoisotopic (exact) mass is 268 g/mol. The number of carboxylic acids is 2. The number of rotatable bonds is 3. The van der Waals surface area contributed by atoms with Gasteiger partial charge in [-0.25, -0.2) is 14.4 Å². The van der Waals surface area contributed by atoms with E-state index in [9.17, 15) is 14.4 Å². The van der Waals surface area contributed by atoms with Crippen LogP contribution in [0.25, 0.3) is 0 Å². The van der Waals surface area contributed by atoms with Crippen molar-refractivity contribution in [1.29, 1.82) is 0 Å². The van der Waals surface area contributed by atoms with E-state index in [-0.39, 0.29) is 16.7 Å². The van der Waals surface area contributed by atoms with E-state index in [1.165, 1.54) is 31.2 Å². The summed E-state index contributed by atoms with van der Waals surface area (Å²) in [5, 5.41) is 24.6. The summed E-state index contributed by atoms with van der Waals surface area (Å²) < 4.78 is 0. The van der Waals surface area contributed by atoms with Crippen LogP contribution in [-0.2, 0) is 9.68 Å². The molecule has 0 bridgehead atoms. The highest BCUT2D eigenvalue weighted by atomic mass is 17.1. The molecule has 1 aromatic rings. The first-order chi connectivity index (χ1) is 8.81. The molecule has 0 aliphatic carbocycles. The summed E-state index contributed by atoms with van der Waals surface area (Å²) in [5.41, 5.74) is -0.214. The summed E-state index contributed by atoms with van der Waals surface area (Å²) in [6, 6.07) is 5.44. The van der Waals surface area contributed by atoms with Crippen LogP contribution >= 0.6 is 0 Å². The van der Waals surface area contributed by atoms with Crippen LogP contribution in [0.15, 0.2) is 36.4 Å². The summed E-state index contributed by atoms with van der Waals surface area (Å²) in [6.07, 6.45) is 0. The van der Waals surface area contributed by atoms with Gasteiger partial charge in [0, 0.05) is 5.57 Å². The molecule has 0 spiro atoms. The number of carbonyl (C=O) groups is 3. The maximum atomic E-state index is 10.8. The van der Waals surface area contributed by atoms with Crippen LogP contribution in [0.1, 0.15) is 27.6 Å². The maximum Gasteiger partial charge on any atom is 0.373 e. The Morgan fingerprint density at radius 2 is 1.53 bits per heavy atom. The fraction of sp³-hybridized carbons (Fsp3) is 0.0833. The van der Waals surface area contributed by atoms with Gasteiger partial charge in [0.25, 0.3) is 0 Å². The Kier molecular flexibility index (Phi) is 6.55. The molecular weight excluding hydrogens is 256 g/mol. The molecule has 0 amide bonds. The second kappa shape index (κ2) is 7.62. The fourth-order valence-corrected chi connectivity index (χ4v) is 0.897. The Balaban J connectivity index is 0.000000459. The Bertz CT molecular complexity index is 493. The minimum atomic E-state index is -1.25. The molecule has 1 rings (SSSR count). The normalized spacial score (nSPS) is 8.74. The summed E-state index contributed by atoms with van der Waals surface area (Å²) >= 11 is 0. The molecule has 7 heteroatoms. The van der Waals surface area contributed by atoms with Crippen LogP contribution in [0.2, 0.25) is 0 Å². The molecule has 3 N–H and O–H groups in total. The zero-order valence-electron chi connectivity index (χ0n) is 9.99. The first kappa shape index (κ1) is 16.3. The highest BCUT2D eigenvalue weighted by molar-refractivity contribution is 6.02. The van der Waals surface area contributed by atoms with Gasteiger partial charge in [0.1, 0.15) is 0 Å². The molecular formula is C12H12O7. The van der Waals surface area contributed by atoms with Gasteiger partial charge in [0.05, 0.1) is 11.1 Å². The first-order valence-corrected chi connectivity index (χ1v) is 4.88. The van der Waals surface area contributed by atoms with Crippen LogP contribution in [0.3, 0.4) is 0 Å². The third kappa shape index (κ3) is 5.46. The highest BCUT2D eigenvalue weighted by Crippen LogP contribution is 2.09. The fourth-order valence-electron chi connectivity index (χ4n) is 0.897. The van der Waals surface area contributed by atoms with Crippen LogP contribution in [0.5, 0.6) is 0 Å². The number of carbonyl (C=O) groups excluding carboxylic acids is 1. The van der Waals surface area contributed by atoms with Gasteiger partial charge in [0.15, 0.2) is 0 Å². The summed E-state index contributed by atoms with van der Waals surface area (Å²) in [4.78, 5) is 34.4. The van der Waals surface area contributed by atoms with Gasteiger partial charge in [-0.3, -0.25) is 4.89 Å². The molecule has 19 heavy (non-hydrogen) atoms. The zero-order chi connectivity index (χ0) is 15.0. The van der Waals surface area contributed by atoms with Gasteiger partial charge in [0.2, 0.25) is 0 Å². The molecule has 0 aliphatic rings. The Morgan fingerprint density at radius 1 is 1.11 bits per heavy atom. The van der Waals surface area contributed by atoms with Crippen molar-refractivity contribution in [3.8, 4) is 0 Å². The molecule has 7 nitrogen and oxygen atoms in total. The van der Waals surface area contributed by atoms with Gasteiger partial charge in [-0.2, -0.15) is 5.26 Å². The lowest BCUT2D eigenvalue weighted by atomic mass is 10.1. The molecule has 0 saturated heterocycles. The zero-order valence-corrected chi connectivity index (χ0v) is 9.99. The molecule has 0 saturated carbocycles. The van der Waals surface area contributed by atoms with E-state index >= 15 is 0 Å². The summed E-state index contributed by atoms with van der Waals surface area (Å²) in [7, 11) is 0. The highest BCUT2D eigenvalue weighted by Gasteiger charge is 2.16. The van der Waals surface area contributed by atoms with E-state index in [1.54, 1.807) is 0 Å². The molecule has 102 valence electrons. The van der Waals surface area contributed by atoms with Crippen LogP contribution in [-0.4, -0.2) is 33.4 Å². The van der Waals surface area contributed by atoms with Crippen molar-refractivity contribution >= 4 is 17.9 Å². The molecule has 0 radical (unpaired) electrons. The van der Waals surface area contributed by atoms with Crippen molar-refractivity contribution in [2.75, 3.05) is 0 Å². The Labute approximate surface area is 108 Å². The predicted octanol–water partition coefficient (Wildman–Crippen LogP) is 1.66. The topological polar surface area (TPSA) is 121 Å². The number of aliphatic carboxylic acids is 1. The van der Waals surface area contributed by atoms with E-state index in [0.29, 0.717) is 0 Å². The van der Waals surface area contributed by atoms with Crippen molar-refractivity contribution in [2.45, 2.75) is 6.92 Å². The van der Waals surface area contributed by atoms with Gasteiger partial charge in [-0.05, 0) is 19.1 Å². The Morgan fingerprint density at radius 3 is 1.84 bits per heavy atom. The second-order valence-corrected chi connectivity index (χ2v) is 3.31. The van der Waals surface area contributed by atoms with Crippen LogP contribution in [0.4, 0.5) is 0 Å². The smallest absolute Gasteiger partial charge is 0.373 e. The quantitative estimate of drug-likeness (QED) is 0.433. The van der Waals surface area contributed by atoms with Crippen molar-refractivity contribution in [2.24, 2.45) is 0 Å². The number of carboxylic acid groups (broad SMARTS) is 2. The van der Waals surface area contributed by atoms with Gasteiger partial charge in [-0.1, -0.05) is 18.7 Å². The molecule has 0 heterocycles. The largest absolute Gasteiger partial charge is 0.478 e. The third-order valence-corrected chi connectivity index (χ3v) is 1.83. The third-order valence-electron chi connectivity index (χ3n) is 1.83. The molecule has 0 aliphatic heterocycles.